The summed E-state index contributed by atoms with van der Waals surface area (Å²) >= 11 is 0. The summed E-state index contributed by atoms with van der Waals surface area (Å²) in [5, 5.41) is 0. The third-order valence-electron chi connectivity index (χ3n) is 3.46. The first-order valence-corrected chi connectivity index (χ1v) is 4.37. The highest BCUT2D eigenvalue weighted by atomic mass is 16.1. The van der Waals surface area contributed by atoms with Gasteiger partial charge < -0.3 is 0 Å². The summed E-state index contributed by atoms with van der Waals surface area (Å²) in [6.07, 6.45) is 14.2. The van der Waals surface area contributed by atoms with Crippen molar-refractivity contribution in [2.24, 2.45) is 10.8 Å². The van der Waals surface area contributed by atoms with E-state index in [1.807, 2.05) is 12.2 Å². The predicted molar refractivity (Wildman–Crippen MR) is 46.5 cm³/mol. The normalized spacial score (nSPS) is 47.2. The number of allylic oxidation sites excluding steroid dienone is 6. The Kier molecular flexibility index (Phi) is 0.871. The van der Waals surface area contributed by atoms with Gasteiger partial charge in [-0.25, -0.2) is 0 Å². The van der Waals surface area contributed by atoms with Crippen LogP contribution in [-0.4, -0.2) is 5.78 Å². The molecule has 1 nitrogen and oxygen atoms in total. The van der Waals surface area contributed by atoms with E-state index in [-0.39, 0.29) is 10.8 Å². The van der Waals surface area contributed by atoms with Gasteiger partial charge in [0.2, 0.25) is 0 Å². The molecule has 0 spiro atoms. The van der Waals surface area contributed by atoms with Crippen molar-refractivity contribution >= 4 is 5.78 Å². The van der Waals surface area contributed by atoms with Gasteiger partial charge in [0, 0.05) is 5.41 Å². The molecule has 1 heteroatoms. The van der Waals surface area contributed by atoms with Crippen LogP contribution in [0.2, 0.25) is 0 Å². The van der Waals surface area contributed by atoms with E-state index in [4.69, 9.17) is 0 Å². The summed E-state index contributed by atoms with van der Waals surface area (Å²) in [6, 6.07) is 0. The molecular weight excluding hydrogens is 148 g/mol. The lowest BCUT2D eigenvalue weighted by Gasteiger charge is -2.22. The second kappa shape index (κ2) is 1.63. The third kappa shape index (κ3) is 0.482. The summed E-state index contributed by atoms with van der Waals surface area (Å²) in [4.78, 5) is 11.6. The molecule has 3 rings (SSSR count). The number of hydrogen-bond donors (Lipinski definition) is 0. The molecule has 0 aliphatic heterocycles. The van der Waals surface area contributed by atoms with Gasteiger partial charge in [0.25, 0.3) is 0 Å². The van der Waals surface area contributed by atoms with Crippen LogP contribution in [0.5, 0.6) is 0 Å². The second-order valence-corrected chi connectivity index (χ2v) is 3.99. The first kappa shape index (κ1) is 6.41. The van der Waals surface area contributed by atoms with Gasteiger partial charge in [-0.2, -0.15) is 0 Å². The molecule has 12 heavy (non-hydrogen) atoms. The molecule has 3 aliphatic carbocycles. The molecule has 0 N–H and O–H groups in total. The molecule has 0 bridgehead atoms. The Hall–Kier alpha value is -1.11. The Bertz CT molecular complexity index is 348. The van der Waals surface area contributed by atoms with E-state index in [2.05, 4.69) is 18.2 Å². The molecular formula is C11H10O. The molecule has 60 valence electrons. The summed E-state index contributed by atoms with van der Waals surface area (Å²) in [5.74, 6) is 0.300. The molecule has 0 amide bonds. The van der Waals surface area contributed by atoms with E-state index in [0.717, 1.165) is 12.8 Å². The molecule has 0 aromatic heterocycles. The van der Waals surface area contributed by atoms with Crippen molar-refractivity contribution < 1.29 is 4.79 Å². The molecule has 0 aromatic rings. The highest BCUT2D eigenvalue weighted by Crippen LogP contribution is 2.71. The minimum absolute atomic E-state index is 0.115. The Morgan fingerprint density at radius 1 is 1.25 bits per heavy atom. The average molecular weight is 158 g/mol. The van der Waals surface area contributed by atoms with Gasteiger partial charge in [-0.05, 0) is 18.9 Å². The predicted octanol–water partition coefficient (Wildman–Crippen LogP) is 2.02. The second-order valence-electron chi connectivity index (χ2n) is 3.99. The van der Waals surface area contributed by atoms with Crippen molar-refractivity contribution in [1.82, 2.24) is 0 Å². The lowest BCUT2D eigenvalue weighted by molar-refractivity contribution is -0.119. The highest BCUT2D eigenvalue weighted by molar-refractivity contribution is 6.01. The van der Waals surface area contributed by atoms with E-state index in [0.29, 0.717) is 5.78 Å². The van der Waals surface area contributed by atoms with E-state index in [1.165, 1.54) is 0 Å². The summed E-state index contributed by atoms with van der Waals surface area (Å²) in [7, 11) is 0. The van der Waals surface area contributed by atoms with Gasteiger partial charge in [-0.15, -0.1) is 0 Å². The quantitative estimate of drug-likeness (QED) is 0.527. The lowest BCUT2D eigenvalue weighted by atomic mass is 9.80. The maximum atomic E-state index is 11.6. The lowest BCUT2D eigenvalue weighted by Crippen LogP contribution is -2.23. The van der Waals surface area contributed by atoms with Crippen LogP contribution in [-0.2, 0) is 4.79 Å². The molecule has 3 aliphatic rings. The first-order chi connectivity index (χ1) is 5.79. The van der Waals surface area contributed by atoms with Crippen LogP contribution < -0.4 is 0 Å². The maximum absolute atomic E-state index is 11.6. The van der Waals surface area contributed by atoms with Crippen LogP contribution >= 0.6 is 0 Å². The third-order valence-corrected chi connectivity index (χ3v) is 3.46. The minimum atomic E-state index is -0.115. The fourth-order valence-electron chi connectivity index (χ4n) is 2.61. The molecule has 0 unspecified atom stereocenters. The zero-order valence-corrected chi connectivity index (χ0v) is 6.79. The van der Waals surface area contributed by atoms with E-state index in [1.54, 1.807) is 6.08 Å². The fourth-order valence-corrected chi connectivity index (χ4v) is 2.61. The number of ketones is 1. The molecule has 0 saturated heterocycles. The zero-order valence-electron chi connectivity index (χ0n) is 6.79. The summed E-state index contributed by atoms with van der Waals surface area (Å²) in [6.45, 7) is 0. The number of rotatable bonds is 0. The molecule has 0 radical (unpaired) electrons. The van der Waals surface area contributed by atoms with E-state index >= 15 is 0 Å². The van der Waals surface area contributed by atoms with Gasteiger partial charge in [0.15, 0.2) is 5.78 Å². The van der Waals surface area contributed by atoms with Crippen molar-refractivity contribution in [2.75, 3.05) is 0 Å². The van der Waals surface area contributed by atoms with Crippen LogP contribution in [0.25, 0.3) is 0 Å². The first-order valence-electron chi connectivity index (χ1n) is 4.37. The standard InChI is InChI=1S/C11H10O/c12-9-4-3-6-10-5-1-2-7-11(9,10)8-10/h1-5,7H,6,8H2/t10-,11-/m0/s1. The largest absolute Gasteiger partial charge is 0.294 e. The Morgan fingerprint density at radius 3 is 2.92 bits per heavy atom. The molecule has 0 aromatic carbocycles. The maximum Gasteiger partial charge on any atom is 0.166 e. The number of carbonyl (C=O) groups excluding carboxylic acids is 1. The Labute approximate surface area is 71.5 Å². The fraction of sp³-hybridized carbons (Fsp3) is 0.364. The summed E-state index contributed by atoms with van der Waals surface area (Å²) < 4.78 is 0. The van der Waals surface area contributed by atoms with E-state index in [9.17, 15) is 4.79 Å². The van der Waals surface area contributed by atoms with Crippen molar-refractivity contribution in [2.45, 2.75) is 12.8 Å². The monoisotopic (exact) mass is 158 g/mol. The Balaban J connectivity index is 2.18. The zero-order chi connectivity index (χ0) is 8.23. The van der Waals surface area contributed by atoms with Crippen molar-refractivity contribution in [3.05, 3.63) is 36.5 Å². The molecule has 0 heterocycles. The van der Waals surface area contributed by atoms with Crippen molar-refractivity contribution in [1.29, 1.82) is 0 Å². The van der Waals surface area contributed by atoms with Gasteiger partial charge in [0.1, 0.15) is 0 Å². The van der Waals surface area contributed by atoms with Crippen LogP contribution in [0.3, 0.4) is 0 Å². The average Bonchev–Trinajstić information content (AvgIpc) is 2.75. The van der Waals surface area contributed by atoms with Crippen LogP contribution in [0.4, 0.5) is 0 Å². The van der Waals surface area contributed by atoms with Crippen LogP contribution in [0.15, 0.2) is 36.5 Å². The Morgan fingerprint density at radius 2 is 2.08 bits per heavy atom. The molecule has 2 atom stereocenters. The van der Waals surface area contributed by atoms with Crippen LogP contribution in [0.1, 0.15) is 12.8 Å². The van der Waals surface area contributed by atoms with Gasteiger partial charge in [0.05, 0.1) is 5.41 Å². The topological polar surface area (TPSA) is 17.1 Å². The van der Waals surface area contributed by atoms with Crippen LogP contribution in [0, 0.1) is 10.8 Å². The van der Waals surface area contributed by atoms with Gasteiger partial charge in [-0.3, -0.25) is 4.79 Å². The number of hydrogen-bond acceptors (Lipinski definition) is 1. The van der Waals surface area contributed by atoms with Gasteiger partial charge >= 0.3 is 0 Å². The molecule has 1 saturated carbocycles. The van der Waals surface area contributed by atoms with Crippen molar-refractivity contribution in [3.63, 3.8) is 0 Å². The van der Waals surface area contributed by atoms with Gasteiger partial charge in [-0.1, -0.05) is 30.4 Å². The number of carbonyl (C=O) groups is 1. The smallest absolute Gasteiger partial charge is 0.166 e. The van der Waals surface area contributed by atoms with E-state index < -0.39 is 0 Å². The minimum Gasteiger partial charge on any atom is -0.294 e. The SMILES string of the molecule is O=C1C=CC[C@]23C=CC=C[C@]12C3. The highest BCUT2D eigenvalue weighted by Gasteiger charge is 2.68. The van der Waals surface area contributed by atoms with Crippen molar-refractivity contribution in [3.8, 4) is 0 Å². The summed E-state index contributed by atoms with van der Waals surface area (Å²) in [5.41, 5.74) is 0.0735. The molecule has 1 fully saturated rings.